The Balaban J connectivity index is 2.59. The molecule has 0 bridgehead atoms. The number of aromatic nitrogens is 2. The molecule has 1 unspecified atom stereocenters. The number of rotatable bonds is 6. The number of carboxylic acids is 1. The minimum absolute atomic E-state index is 0.133. The number of nitrogens with zero attached hydrogens (tertiary/aromatic N) is 2. The molecule has 0 aliphatic heterocycles. The lowest BCUT2D eigenvalue weighted by atomic mass is 10.2. The maximum Gasteiger partial charge on any atom is 0.339 e. The normalized spacial score (nSPS) is 12.7. The van der Waals surface area contributed by atoms with E-state index in [2.05, 4.69) is 10.4 Å². The van der Waals surface area contributed by atoms with Crippen LogP contribution in [0.25, 0.3) is 0 Å². The lowest BCUT2D eigenvalue weighted by molar-refractivity contribution is 0.0695. The van der Waals surface area contributed by atoms with Gasteiger partial charge < -0.3 is 20.6 Å². The molecule has 0 aliphatic carbocycles. The summed E-state index contributed by atoms with van der Waals surface area (Å²) in [6.07, 6.45) is 0.434. The van der Waals surface area contributed by atoms with Crippen LogP contribution in [0.5, 0.6) is 0 Å². The molecule has 1 heterocycles. The molecule has 0 spiro atoms. The minimum atomic E-state index is -1.03. The van der Waals surface area contributed by atoms with Crippen LogP contribution in [0, 0.1) is 0 Å². The van der Waals surface area contributed by atoms with E-state index < -0.39 is 12.1 Å². The summed E-state index contributed by atoms with van der Waals surface area (Å²) in [7, 11) is 1.64. The van der Waals surface area contributed by atoms with Crippen LogP contribution in [0.1, 0.15) is 16.1 Å². The average molecular weight is 229 g/mol. The van der Waals surface area contributed by atoms with E-state index in [4.69, 9.17) is 15.3 Å². The predicted octanol–water partition coefficient (Wildman–Crippen LogP) is -1.44. The number of hydrogen-bond acceptors (Lipinski definition) is 5. The van der Waals surface area contributed by atoms with Gasteiger partial charge in [-0.15, -0.1) is 0 Å². The second kappa shape index (κ2) is 5.59. The van der Waals surface area contributed by atoms with E-state index in [1.807, 2.05) is 0 Å². The molecule has 1 atom stereocenters. The van der Waals surface area contributed by atoms with Gasteiger partial charge in [-0.3, -0.25) is 4.68 Å². The molecule has 0 radical (unpaired) electrons. The van der Waals surface area contributed by atoms with Gasteiger partial charge in [0.2, 0.25) is 0 Å². The smallest absolute Gasteiger partial charge is 0.339 e. The molecule has 0 fully saturated rings. The number of carbonyl (C=O) groups is 1. The second-order valence-corrected chi connectivity index (χ2v) is 3.40. The van der Waals surface area contributed by atoms with Crippen molar-refractivity contribution < 1.29 is 20.1 Å². The molecule has 1 rings (SSSR count). The van der Waals surface area contributed by atoms with Crippen LogP contribution in [-0.2, 0) is 13.6 Å². The van der Waals surface area contributed by atoms with Crippen molar-refractivity contribution >= 4 is 5.97 Å². The van der Waals surface area contributed by atoms with Crippen molar-refractivity contribution in [1.82, 2.24) is 15.1 Å². The molecule has 1 aromatic heterocycles. The molecule has 7 nitrogen and oxygen atoms in total. The standard InChI is InChI=1S/C9H15N3O4/c1-12-8(4-10-2-6(14)5-13)7(3-11-12)9(15)16/h3,6,10,13-14H,2,4-5H2,1H3,(H,15,16). The van der Waals surface area contributed by atoms with Crippen LogP contribution in [0.4, 0.5) is 0 Å². The third-order valence-electron chi connectivity index (χ3n) is 2.18. The van der Waals surface area contributed by atoms with Gasteiger partial charge in [0.05, 0.1) is 24.6 Å². The molecule has 16 heavy (non-hydrogen) atoms. The second-order valence-electron chi connectivity index (χ2n) is 3.40. The van der Waals surface area contributed by atoms with Crippen LogP contribution < -0.4 is 5.32 Å². The van der Waals surface area contributed by atoms with E-state index >= 15 is 0 Å². The molecule has 0 aromatic carbocycles. The first kappa shape index (κ1) is 12.6. The lowest BCUT2D eigenvalue weighted by Crippen LogP contribution is -2.30. The number of carboxylic acid groups (broad SMARTS) is 1. The molecular formula is C9H15N3O4. The van der Waals surface area contributed by atoms with Crippen molar-refractivity contribution in [3.63, 3.8) is 0 Å². The molecule has 0 saturated carbocycles. The van der Waals surface area contributed by atoms with Crippen molar-refractivity contribution in [2.24, 2.45) is 7.05 Å². The van der Waals surface area contributed by atoms with E-state index in [1.165, 1.54) is 10.9 Å². The van der Waals surface area contributed by atoms with Crippen LogP contribution in [0.2, 0.25) is 0 Å². The number of aliphatic hydroxyl groups excluding tert-OH is 2. The topological polar surface area (TPSA) is 108 Å². The van der Waals surface area contributed by atoms with Gasteiger partial charge in [-0.2, -0.15) is 5.10 Å². The number of aromatic carboxylic acids is 1. The molecule has 7 heteroatoms. The number of hydrogen-bond donors (Lipinski definition) is 4. The Bertz CT molecular complexity index is 364. The number of aryl methyl sites for hydroxylation is 1. The Morgan fingerprint density at radius 2 is 2.38 bits per heavy atom. The van der Waals surface area contributed by atoms with E-state index in [-0.39, 0.29) is 25.3 Å². The van der Waals surface area contributed by atoms with Gasteiger partial charge in [0.25, 0.3) is 0 Å². The molecule has 4 N–H and O–H groups in total. The summed E-state index contributed by atoms with van der Waals surface area (Å²) in [4.78, 5) is 10.8. The van der Waals surface area contributed by atoms with Crippen molar-refractivity contribution in [2.75, 3.05) is 13.2 Å². The third-order valence-corrected chi connectivity index (χ3v) is 2.18. The monoisotopic (exact) mass is 229 g/mol. The maximum absolute atomic E-state index is 10.8. The highest BCUT2D eigenvalue weighted by Gasteiger charge is 2.14. The fourth-order valence-corrected chi connectivity index (χ4v) is 1.27. The first-order valence-corrected chi connectivity index (χ1v) is 4.80. The zero-order valence-corrected chi connectivity index (χ0v) is 8.92. The average Bonchev–Trinajstić information content (AvgIpc) is 2.60. The van der Waals surface area contributed by atoms with E-state index in [0.29, 0.717) is 5.69 Å². The Kier molecular flexibility index (Phi) is 4.41. The largest absolute Gasteiger partial charge is 0.478 e. The van der Waals surface area contributed by atoms with Crippen LogP contribution in [-0.4, -0.2) is 50.3 Å². The van der Waals surface area contributed by atoms with Gasteiger partial charge in [0, 0.05) is 20.1 Å². The van der Waals surface area contributed by atoms with E-state index in [9.17, 15) is 4.79 Å². The maximum atomic E-state index is 10.8. The minimum Gasteiger partial charge on any atom is -0.478 e. The predicted molar refractivity (Wildman–Crippen MR) is 55.0 cm³/mol. The first-order valence-electron chi connectivity index (χ1n) is 4.80. The number of aliphatic hydroxyl groups is 2. The summed E-state index contributed by atoms with van der Waals surface area (Å²) >= 11 is 0. The summed E-state index contributed by atoms with van der Waals surface area (Å²) in [6.45, 7) is 0.139. The van der Waals surface area contributed by atoms with E-state index in [0.717, 1.165) is 0 Å². The van der Waals surface area contributed by atoms with Crippen molar-refractivity contribution in [1.29, 1.82) is 0 Å². The Morgan fingerprint density at radius 3 is 2.94 bits per heavy atom. The van der Waals surface area contributed by atoms with Gasteiger partial charge in [-0.05, 0) is 0 Å². The highest BCUT2D eigenvalue weighted by molar-refractivity contribution is 5.88. The zero-order valence-electron chi connectivity index (χ0n) is 8.92. The van der Waals surface area contributed by atoms with Gasteiger partial charge in [-0.1, -0.05) is 0 Å². The summed E-state index contributed by atoms with van der Waals surface area (Å²) in [6, 6.07) is 0. The lowest BCUT2D eigenvalue weighted by Gasteiger charge is -2.09. The SMILES string of the molecule is Cn1ncc(C(=O)O)c1CNCC(O)CO. The highest BCUT2D eigenvalue weighted by Crippen LogP contribution is 2.06. The molecule has 0 amide bonds. The molecular weight excluding hydrogens is 214 g/mol. The Morgan fingerprint density at radius 1 is 1.69 bits per heavy atom. The summed E-state index contributed by atoms with van der Waals surface area (Å²) in [5.74, 6) is -1.03. The highest BCUT2D eigenvalue weighted by atomic mass is 16.4. The molecule has 1 aromatic rings. The Labute approximate surface area is 92.3 Å². The summed E-state index contributed by atoms with van der Waals surface area (Å²) < 4.78 is 1.46. The molecule has 0 aliphatic rings. The van der Waals surface area contributed by atoms with Crippen LogP contribution in [0.15, 0.2) is 6.20 Å². The van der Waals surface area contributed by atoms with Gasteiger partial charge in [0.15, 0.2) is 0 Å². The van der Waals surface area contributed by atoms with Gasteiger partial charge >= 0.3 is 5.97 Å². The van der Waals surface area contributed by atoms with Crippen molar-refractivity contribution in [3.8, 4) is 0 Å². The fourth-order valence-electron chi connectivity index (χ4n) is 1.27. The van der Waals surface area contributed by atoms with Crippen LogP contribution >= 0.6 is 0 Å². The summed E-state index contributed by atoms with van der Waals surface area (Å²) in [5, 5.41) is 33.2. The van der Waals surface area contributed by atoms with Gasteiger partial charge in [0.1, 0.15) is 5.56 Å². The van der Waals surface area contributed by atoms with Gasteiger partial charge in [-0.25, -0.2) is 4.79 Å². The third kappa shape index (κ3) is 3.02. The van der Waals surface area contributed by atoms with Crippen molar-refractivity contribution in [2.45, 2.75) is 12.6 Å². The fraction of sp³-hybridized carbons (Fsp3) is 0.556. The van der Waals surface area contributed by atoms with E-state index in [1.54, 1.807) is 7.05 Å². The quantitative estimate of drug-likeness (QED) is 0.476. The molecule has 90 valence electrons. The first-order chi connectivity index (χ1) is 7.56. The number of nitrogens with one attached hydrogen (secondary N) is 1. The van der Waals surface area contributed by atoms with Crippen molar-refractivity contribution in [3.05, 3.63) is 17.5 Å². The Hall–Kier alpha value is -1.44. The zero-order chi connectivity index (χ0) is 12.1. The molecule has 0 saturated heterocycles. The van der Waals surface area contributed by atoms with Crippen LogP contribution in [0.3, 0.4) is 0 Å². The summed E-state index contributed by atoms with van der Waals surface area (Å²) in [5.41, 5.74) is 0.658.